The Kier molecular flexibility index (Phi) is 4.61. The molecule has 0 aliphatic carbocycles. The predicted octanol–water partition coefficient (Wildman–Crippen LogP) is 0.615. The lowest BCUT2D eigenvalue weighted by atomic mass is 10.2. The summed E-state index contributed by atoms with van der Waals surface area (Å²) in [5, 5.41) is 17.1. The second-order valence-corrected chi connectivity index (χ2v) is 2.85. The average molecular weight is 161 g/mol. The highest BCUT2D eigenvalue weighted by Gasteiger charge is 2.11. The van der Waals surface area contributed by atoms with E-state index < -0.39 is 6.09 Å². The first kappa shape index (κ1) is 10.2. The van der Waals surface area contributed by atoms with Gasteiger partial charge in [-0.2, -0.15) is 0 Å². The molecule has 0 bridgehead atoms. The van der Waals surface area contributed by atoms with Crippen molar-refractivity contribution in [2.24, 2.45) is 5.92 Å². The fourth-order valence-electron chi connectivity index (χ4n) is 0.827. The maximum atomic E-state index is 10.4. The van der Waals surface area contributed by atoms with Gasteiger partial charge in [0.25, 0.3) is 0 Å². The average Bonchev–Trinajstić information content (AvgIpc) is 1.86. The first-order valence-corrected chi connectivity index (χ1v) is 3.66. The van der Waals surface area contributed by atoms with Gasteiger partial charge >= 0.3 is 6.09 Å². The van der Waals surface area contributed by atoms with Gasteiger partial charge in [0, 0.05) is 13.1 Å². The summed E-state index contributed by atoms with van der Waals surface area (Å²) in [6.07, 6.45) is -0.965. The maximum Gasteiger partial charge on any atom is 0.407 e. The largest absolute Gasteiger partial charge is 0.465 e. The van der Waals surface area contributed by atoms with Crippen molar-refractivity contribution in [2.45, 2.75) is 13.8 Å². The van der Waals surface area contributed by atoms with Gasteiger partial charge in [0.2, 0.25) is 0 Å². The summed E-state index contributed by atoms with van der Waals surface area (Å²) in [7, 11) is 0. The Morgan fingerprint density at radius 3 is 2.36 bits per heavy atom. The zero-order valence-corrected chi connectivity index (χ0v) is 6.95. The highest BCUT2D eigenvalue weighted by Crippen LogP contribution is 1.97. The van der Waals surface area contributed by atoms with E-state index in [2.05, 4.69) is 0 Å². The molecule has 0 aromatic carbocycles. The van der Waals surface area contributed by atoms with Crippen LogP contribution in [0.2, 0.25) is 0 Å². The summed E-state index contributed by atoms with van der Waals surface area (Å²) in [6.45, 7) is 4.45. The van der Waals surface area contributed by atoms with Crippen molar-refractivity contribution in [3.8, 4) is 0 Å². The molecular formula is C7H15NO3. The Hall–Kier alpha value is -0.770. The summed E-state index contributed by atoms with van der Waals surface area (Å²) < 4.78 is 0. The number of nitrogens with zero attached hydrogens (tertiary/aromatic N) is 1. The summed E-state index contributed by atoms with van der Waals surface area (Å²) in [6, 6.07) is 0. The van der Waals surface area contributed by atoms with Crippen molar-refractivity contribution >= 4 is 6.09 Å². The van der Waals surface area contributed by atoms with E-state index in [0.717, 1.165) is 0 Å². The molecule has 0 aliphatic rings. The van der Waals surface area contributed by atoms with Gasteiger partial charge in [-0.05, 0) is 5.92 Å². The minimum Gasteiger partial charge on any atom is -0.465 e. The van der Waals surface area contributed by atoms with Crippen molar-refractivity contribution < 1.29 is 15.0 Å². The number of aliphatic hydroxyl groups is 1. The van der Waals surface area contributed by atoms with Crippen molar-refractivity contribution in [1.29, 1.82) is 0 Å². The fourth-order valence-corrected chi connectivity index (χ4v) is 0.827. The number of carboxylic acid groups (broad SMARTS) is 1. The zero-order valence-electron chi connectivity index (χ0n) is 6.95. The molecule has 0 rings (SSSR count). The molecular weight excluding hydrogens is 146 g/mol. The second-order valence-electron chi connectivity index (χ2n) is 2.85. The molecule has 0 aliphatic heterocycles. The number of hydrogen-bond donors (Lipinski definition) is 2. The van der Waals surface area contributed by atoms with Crippen LogP contribution in [-0.2, 0) is 0 Å². The Morgan fingerprint density at radius 2 is 2.09 bits per heavy atom. The molecule has 11 heavy (non-hydrogen) atoms. The van der Waals surface area contributed by atoms with Gasteiger partial charge in [-0.25, -0.2) is 4.79 Å². The summed E-state index contributed by atoms with van der Waals surface area (Å²) in [5.41, 5.74) is 0. The standard InChI is InChI=1S/C7H15NO3/c1-6(2)5-8(3-4-9)7(10)11/h6,9H,3-5H2,1-2H3,(H,10,11). The monoisotopic (exact) mass is 161 g/mol. The van der Waals surface area contributed by atoms with Crippen LogP contribution < -0.4 is 0 Å². The van der Waals surface area contributed by atoms with Crippen molar-refractivity contribution in [2.75, 3.05) is 19.7 Å². The van der Waals surface area contributed by atoms with E-state index in [-0.39, 0.29) is 13.2 Å². The third-order valence-electron chi connectivity index (χ3n) is 1.23. The van der Waals surface area contributed by atoms with E-state index in [9.17, 15) is 4.79 Å². The van der Waals surface area contributed by atoms with Crippen LogP contribution in [0.25, 0.3) is 0 Å². The molecule has 0 saturated carbocycles. The topological polar surface area (TPSA) is 60.8 Å². The molecule has 66 valence electrons. The molecule has 0 atom stereocenters. The van der Waals surface area contributed by atoms with E-state index >= 15 is 0 Å². The van der Waals surface area contributed by atoms with Crippen molar-refractivity contribution in [3.05, 3.63) is 0 Å². The highest BCUT2D eigenvalue weighted by atomic mass is 16.4. The number of amides is 1. The van der Waals surface area contributed by atoms with E-state index in [1.807, 2.05) is 13.8 Å². The molecule has 0 aromatic rings. The lowest BCUT2D eigenvalue weighted by Gasteiger charge is -2.19. The molecule has 0 radical (unpaired) electrons. The molecule has 0 aromatic heterocycles. The van der Waals surface area contributed by atoms with Gasteiger partial charge in [-0.3, -0.25) is 0 Å². The minimum atomic E-state index is -0.965. The fraction of sp³-hybridized carbons (Fsp3) is 0.857. The van der Waals surface area contributed by atoms with Crippen LogP contribution in [0.3, 0.4) is 0 Å². The van der Waals surface area contributed by atoms with Gasteiger partial charge < -0.3 is 15.1 Å². The third-order valence-corrected chi connectivity index (χ3v) is 1.23. The minimum absolute atomic E-state index is 0.112. The van der Waals surface area contributed by atoms with Crippen LogP contribution in [-0.4, -0.2) is 40.9 Å². The van der Waals surface area contributed by atoms with Crippen LogP contribution in [0, 0.1) is 5.92 Å². The van der Waals surface area contributed by atoms with Crippen LogP contribution in [0.5, 0.6) is 0 Å². The maximum absolute atomic E-state index is 10.4. The number of carbonyl (C=O) groups is 1. The Morgan fingerprint density at radius 1 is 1.55 bits per heavy atom. The van der Waals surface area contributed by atoms with Crippen LogP contribution >= 0.6 is 0 Å². The van der Waals surface area contributed by atoms with Gasteiger partial charge in [-0.1, -0.05) is 13.8 Å². The molecule has 0 spiro atoms. The van der Waals surface area contributed by atoms with E-state index in [1.54, 1.807) is 0 Å². The second kappa shape index (κ2) is 4.96. The third kappa shape index (κ3) is 4.61. The molecule has 4 nitrogen and oxygen atoms in total. The smallest absolute Gasteiger partial charge is 0.407 e. The Balaban J connectivity index is 3.79. The number of rotatable bonds is 4. The zero-order chi connectivity index (χ0) is 8.85. The van der Waals surface area contributed by atoms with E-state index in [4.69, 9.17) is 10.2 Å². The van der Waals surface area contributed by atoms with Crippen LogP contribution in [0.15, 0.2) is 0 Å². The van der Waals surface area contributed by atoms with Crippen molar-refractivity contribution in [3.63, 3.8) is 0 Å². The van der Waals surface area contributed by atoms with E-state index in [0.29, 0.717) is 12.5 Å². The van der Waals surface area contributed by atoms with Gasteiger partial charge in [0.05, 0.1) is 6.61 Å². The quantitative estimate of drug-likeness (QED) is 0.635. The molecule has 1 amide bonds. The molecule has 0 saturated heterocycles. The summed E-state index contributed by atoms with van der Waals surface area (Å²) in [4.78, 5) is 11.7. The van der Waals surface area contributed by atoms with Gasteiger partial charge in [-0.15, -0.1) is 0 Å². The Labute approximate surface area is 66.4 Å². The SMILES string of the molecule is CC(C)CN(CCO)C(=O)O. The molecule has 2 N–H and O–H groups in total. The lowest BCUT2D eigenvalue weighted by Crippen LogP contribution is -2.35. The first-order valence-electron chi connectivity index (χ1n) is 3.66. The molecule has 4 heteroatoms. The highest BCUT2D eigenvalue weighted by molar-refractivity contribution is 5.64. The predicted molar refractivity (Wildman–Crippen MR) is 41.5 cm³/mol. The summed E-state index contributed by atoms with van der Waals surface area (Å²) >= 11 is 0. The normalized spacial score (nSPS) is 10.2. The number of aliphatic hydroxyl groups excluding tert-OH is 1. The number of hydrogen-bond acceptors (Lipinski definition) is 2. The van der Waals surface area contributed by atoms with Crippen LogP contribution in [0.1, 0.15) is 13.8 Å². The Bertz CT molecular complexity index is 125. The molecule has 0 unspecified atom stereocenters. The lowest BCUT2D eigenvalue weighted by molar-refractivity contribution is 0.126. The van der Waals surface area contributed by atoms with Gasteiger partial charge in [0.15, 0.2) is 0 Å². The van der Waals surface area contributed by atoms with Crippen molar-refractivity contribution in [1.82, 2.24) is 4.90 Å². The summed E-state index contributed by atoms with van der Waals surface area (Å²) in [5.74, 6) is 0.303. The first-order chi connectivity index (χ1) is 5.07. The van der Waals surface area contributed by atoms with E-state index in [1.165, 1.54) is 4.90 Å². The van der Waals surface area contributed by atoms with Crippen LogP contribution in [0.4, 0.5) is 4.79 Å². The van der Waals surface area contributed by atoms with Gasteiger partial charge in [0.1, 0.15) is 0 Å². The molecule has 0 heterocycles. The molecule has 0 fully saturated rings.